The van der Waals surface area contributed by atoms with Crippen LogP contribution in [0.2, 0.25) is 0 Å². The van der Waals surface area contributed by atoms with Gasteiger partial charge in [-0.1, -0.05) is 11.5 Å². The zero-order valence-electron chi connectivity index (χ0n) is 15.0. The Bertz CT molecular complexity index is 858. The van der Waals surface area contributed by atoms with Crippen molar-refractivity contribution in [2.75, 3.05) is 32.8 Å². The monoisotopic (exact) mass is 354 g/mol. The van der Waals surface area contributed by atoms with Gasteiger partial charge in [0, 0.05) is 39.7 Å². The predicted octanol–water partition coefficient (Wildman–Crippen LogP) is 0.459. The zero-order valence-corrected chi connectivity index (χ0v) is 16.0. The third-order valence-corrected chi connectivity index (χ3v) is 7.16. The first-order chi connectivity index (χ1) is 12.2. The van der Waals surface area contributed by atoms with E-state index in [4.69, 9.17) is 5.10 Å². The van der Waals surface area contributed by atoms with Crippen molar-refractivity contribution in [3.63, 3.8) is 0 Å². The summed E-state index contributed by atoms with van der Waals surface area (Å²) >= 11 is 0. The summed E-state index contributed by atoms with van der Waals surface area (Å²) in [6.45, 7) is 6.43. The maximum Gasteiger partial charge on any atom is 0.254 e. The first-order valence-electron chi connectivity index (χ1n) is 9.39. The average molecular weight is 354 g/mol. The van der Waals surface area contributed by atoms with E-state index in [1.54, 1.807) is 0 Å². The molecule has 0 N–H and O–H groups in total. The molecule has 4 aliphatic heterocycles. The van der Waals surface area contributed by atoms with Crippen LogP contribution in [-0.2, 0) is 6.42 Å². The number of hydrogen-bond donors (Lipinski definition) is 0. The average Bonchev–Trinajstić information content (AvgIpc) is 2.96. The van der Waals surface area contributed by atoms with Crippen LogP contribution in [0.3, 0.4) is 0 Å². The van der Waals surface area contributed by atoms with Crippen molar-refractivity contribution in [3.8, 4) is 0 Å². The molecule has 6 rings (SSSR count). The smallest absolute Gasteiger partial charge is 0.254 e. The minimum absolute atomic E-state index is 0.224. The fraction of sp³-hybridized carbons (Fsp3) is 0.556. The van der Waals surface area contributed by atoms with Gasteiger partial charge in [0.2, 0.25) is 0 Å². The second-order valence-corrected chi connectivity index (χ2v) is 8.56. The molecule has 3 saturated heterocycles. The summed E-state index contributed by atoms with van der Waals surface area (Å²) in [5, 5.41) is 5.97. The van der Waals surface area contributed by atoms with E-state index in [1.807, 2.05) is 6.07 Å². The lowest BCUT2D eigenvalue weighted by Crippen LogP contribution is -2.58. The Kier molecular flexibility index (Phi) is 3.69. The van der Waals surface area contributed by atoms with Crippen molar-refractivity contribution in [1.82, 2.24) is 19.4 Å². The second-order valence-electron chi connectivity index (χ2n) is 7.69. The Hall–Kier alpha value is -1.39. The van der Waals surface area contributed by atoms with Gasteiger partial charge in [-0.25, -0.2) is 4.45 Å². The van der Waals surface area contributed by atoms with E-state index in [1.165, 1.54) is 31.4 Å². The van der Waals surface area contributed by atoms with E-state index in [0.29, 0.717) is 20.7 Å². The van der Waals surface area contributed by atoms with Gasteiger partial charge in [0.15, 0.2) is 0 Å². The van der Waals surface area contributed by atoms with Gasteiger partial charge in [-0.05, 0) is 44.6 Å². The zero-order chi connectivity index (χ0) is 17.1. The summed E-state index contributed by atoms with van der Waals surface area (Å²) < 4.78 is 2.10. The molecule has 0 saturated carbocycles. The largest absolute Gasteiger partial charge is 0.334 e. The third kappa shape index (κ3) is 2.30. The van der Waals surface area contributed by atoms with Crippen LogP contribution in [0.25, 0.3) is 10.9 Å². The molecule has 3 fully saturated rings. The maximum absolute atomic E-state index is 13.5. The van der Waals surface area contributed by atoms with Gasteiger partial charge >= 0.3 is 0 Å². The summed E-state index contributed by atoms with van der Waals surface area (Å²) in [7, 11) is 2.72. The Labute approximate surface area is 151 Å². The summed E-state index contributed by atoms with van der Waals surface area (Å²) in [6, 6.07) is 4.52. The lowest BCUT2D eigenvalue weighted by Gasteiger charge is -2.49. The van der Waals surface area contributed by atoms with Crippen LogP contribution >= 0.6 is 8.73 Å². The number of hydrogen-bond acceptors (Lipinski definition) is 3. The normalized spacial score (nSPS) is 29.1. The molecule has 7 heteroatoms. The van der Waals surface area contributed by atoms with Crippen LogP contribution < -0.4 is 5.46 Å². The molecule has 130 valence electrons. The van der Waals surface area contributed by atoms with Crippen molar-refractivity contribution in [3.05, 3.63) is 23.4 Å². The van der Waals surface area contributed by atoms with E-state index in [-0.39, 0.29) is 5.91 Å². The van der Waals surface area contributed by atoms with Gasteiger partial charge in [0.05, 0.1) is 16.8 Å². The first-order valence-corrected chi connectivity index (χ1v) is 10.8. The predicted molar refractivity (Wildman–Crippen MR) is 105 cm³/mol. The molecule has 25 heavy (non-hydrogen) atoms. The number of benzene rings is 1. The van der Waals surface area contributed by atoms with Crippen LogP contribution in [0.15, 0.2) is 12.1 Å². The molecule has 2 aromatic rings. The van der Waals surface area contributed by atoms with Gasteiger partial charge in [-0.3, -0.25) is 4.79 Å². The van der Waals surface area contributed by atoms with Gasteiger partial charge in [0.25, 0.3) is 5.91 Å². The molecule has 1 aromatic carbocycles. The molecule has 0 aliphatic carbocycles. The minimum atomic E-state index is 0.224. The van der Waals surface area contributed by atoms with Gasteiger partial charge in [-0.15, -0.1) is 0 Å². The number of fused-ring (bicyclic) bond motifs is 3. The molecule has 1 unspecified atom stereocenters. The lowest BCUT2D eigenvalue weighted by atomic mass is 9.83. The Morgan fingerprint density at radius 2 is 2.04 bits per heavy atom. The van der Waals surface area contributed by atoms with Crippen molar-refractivity contribution < 1.29 is 4.79 Å². The number of carbonyl (C=O) groups excluding carboxylic acids is 1. The Morgan fingerprint density at radius 3 is 2.72 bits per heavy atom. The molecule has 0 radical (unpaired) electrons. The van der Waals surface area contributed by atoms with Crippen LogP contribution in [0.5, 0.6) is 0 Å². The van der Waals surface area contributed by atoms with Gasteiger partial charge in [-0.2, -0.15) is 5.10 Å². The van der Waals surface area contributed by atoms with E-state index in [2.05, 4.69) is 34.8 Å². The van der Waals surface area contributed by atoms with Crippen LogP contribution in [-0.4, -0.2) is 72.0 Å². The molecular formula is C18H24BN4OP. The molecular weight excluding hydrogens is 330 g/mol. The van der Waals surface area contributed by atoms with Crippen molar-refractivity contribution in [2.24, 2.45) is 5.92 Å². The summed E-state index contributed by atoms with van der Waals surface area (Å²) in [5.74, 6) is 0.902. The van der Waals surface area contributed by atoms with E-state index < -0.39 is 0 Å². The molecule has 1 aromatic heterocycles. The quantitative estimate of drug-likeness (QED) is 0.581. The fourth-order valence-corrected chi connectivity index (χ4v) is 5.81. The number of piperidine rings is 3. The molecule has 1 amide bonds. The highest BCUT2D eigenvalue weighted by Gasteiger charge is 2.40. The van der Waals surface area contributed by atoms with E-state index >= 15 is 0 Å². The van der Waals surface area contributed by atoms with Crippen LogP contribution in [0.4, 0.5) is 0 Å². The van der Waals surface area contributed by atoms with Crippen molar-refractivity contribution in [1.29, 1.82) is 0 Å². The van der Waals surface area contributed by atoms with Gasteiger partial charge < -0.3 is 9.80 Å². The Morgan fingerprint density at radius 1 is 1.24 bits per heavy atom. The van der Waals surface area contributed by atoms with Crippen molar-refractivity contribution in [2.45, 2.75) is 25.3 Å². The number of aromatic nitrogens is 2. The molecule has 5 heterocycles. The molecule has 4 aliphatic rings. The van der Waals surface area contributed by atoms with E-state index in [0.717, 1.165) is 41.7 Å². The third-order valence-electron chi connectivity index (χ3n) is 6.42. The molecule has 5 nitrogen and oxygen atoms in total. The number of nitrogens with zero attached hydrogens (tertiary/aromatic N) is 4. The highest BCUT2D eigenvalue weighted by molar-refractivity contribution is 7.35. The summed E-state index contributed by atoms with van der Waals surface area (Å²) in [6.07, 6.45) is 3.36. The van der Waals surface area contributed by atoms with Gasteiger partial charge in [0.1, 0.15) is 7.85 Å². The number of carbonyl (C=O) groups is 1. The second kappa shape index (κ2) is 5.82. The fourth-order valence-electron chi connectivity index (χ4n) is 5.08. The highest BCUT2D eigenvalue weighted by atomic mass is 31.1. The van der Waals surface area contributed by atoms with Crippen LogP contribution in [0.1, 0.15) is 28.9 Å². The summed E-state index contributed by atoms with van der Waals surface area (Å²) in [5.41, 5.74) is 4.36. The lowest BCUT2D eigenvalue weighted by molar-refractivity contribution is 0.00821. The standard InChI is InChI=1S/C18H24BN4OP/c1-25-23-17-13(19)3-2-12-16(17)14(20-23)6-9-22(18(12)24)15-10-21-7-4-11(15)5-8-21/h2-3,11,15,25H,4-10,19H2,1H3/t15-/m1/s1. The van der Waals surface area contributed by atoms with Crippen LogP contribution in [0, 0.1) is 5.92 Å². The topological polar surface area (TPSA) is 41.4 Å². The minimum Gasteiger partial charge on any atom is -0.334 e. The van der Waals surface area contributed by atoms with Crippen molar-refractivity contribution >= 4 is 38.9 Å². The first kappa shape index (κ1) is 15.8. The SMILES string of the molecule is Bc1ccc2c3c(nn(PC)c13)CCN([C@@H]1CN3CCC1CC3)C2=O. The molecule has 2 atom stereocenters. The highest BCUT2D eigenvalue weighted by Crippen LogP contribution is 2.35. The maximum atomic E-state index is 13.5. The number of rotatable bonds is 2. The summed E-state index contributed by atoms with van der Waals surface area (Å²) in [4.78, 5) is 18.2. The Balaban J connectivity index is 1.60. The molecule has 0 spiro atoms. The van der Waals surface area contributed by atoms with E-state index in [9.17, 15) is 4.79 Å². The number of amides is 1. The molecule has 2 bridgehead atoms.